The summed E-state index contributed by atoms with van der Waals surface area (Å²) in [5.41, 5.74) is 4.69. The van der Waals surface area contributed by atoms with Crippen LogP contribution in [-0.4, -0.2) is 63.8 Å². The maximum absolute atomic E-state index is 13.0. The molecule has 0 aliphatic carbocycles. The molecule has 2 fully saturated rings. The molecule has 2 saturated heterocycles. The number of nitrogens with one attached hydrogen (secondary N) is 2. The molecule has 2 aromatic carbocycles. The van der Waals surface area contributed by atoms with Gasteiger partial charge in [-0.25, -0.2) is 5.48 Å². The molecule has 4 N–H and O–H groups in total. The molecule has 11 heteroatoms. The van der Waals surface area contributed by atoms with Crippen LogP contribution < -0.4 is 10.8 Å². The van der Waals surface area contributed by atoms with E-state index in [1.165, 1.54) is 0 Å². The minimum Gasteiger partial charge on any atom is -0.459 e. The number of hydrogen-bond donors (Lipinski definition) is 4. The van der Waals surface area contributed by atoms with Crippen molar-refractivity contribution in [3.05, 3.63) is 70.8 Å². The van der Waals surface area contributed by atoms with Gasteiger partial charge in [-0.2, -0.15) is 0 Å². The molecule has 46 heavy (non-hydrogen) atoms. The number of ether oxygens (including phenoxy) is 3. The lowest BCUT2D eigenvalue weighted by Gasteiger charge is -2.38. The molecule has 0 aromatic heterocycles. The molecule has 11 nitrogen and oxygen atoms in total. The number of unbranched alkanes of at least 4 members (excludes halogenated alkanes) is 2. The standard InChI is InChI=1S/C35H49N3O8/c1-35(2,3)46-33(42)29-8-7-19-38(29)22-28-20-30(26-15-13-25(23-39)14-16-26)45-34(44-28)27-17-11-24(12-18-27)21-36-31(40)9-5-4-6-10-32(41)37-43/h11-18,28-30,34,39,43H,4-10,19-23H2,1-3H3,(H,36,40)(H,37,41)/t28-,29-,30+,34+/m0/s1. The van der Waals surface area contributed by atoms with Gasteiger partial charge >= 0.3 is 5.97 Å². The van der Waals surface area contributed by atoms with Gasteiger partial charge in [0, 0.05) is 37.9 Å². The van der Waals surface area contributed by atoms with Crippen molar-refractivity contribution in [2.75, 3.05) is 13.1 Å². The first-order valence-corrected chi connectivity index (χ1v) is 16.3. The van der Waals surface area contributed by atoms with Crippen molar-refractivity contribution in [1.82, 2.24) is 15.7 Å². The Morgan fingerprint density at radius 2 is 1.57 bits per heavy atom. The molecule has 0 spiro atoms. The van der Waals surface area contributed by atoms with Crippen molar-refractivity contribution in [1.29, 1.82) is 0 Å². The lowest BCUT2D eigenvalue weighted by Crippen LogP contribution is -2.45. The van der Waals surface area contributed by atoms with Crippen molar-refractivity contribution < 1.29 is 38.9 Å². The topological polar surface area (TPSA) is 147 Å². The zero-order valence-electron chi connectivity index (χ0n) is 27.2. The minimum absolute atomic E-state index is 0.0283. The Morgan fingerprint density at radius 1 is 0.913 bits per heavy atom. The summed E-state index contributed by atoms with van der Waals surface area (Å²) in [7, 11) is 0. The van der Waals surface area contributed by atoms with E-state index in [0.29, 0.717) is 38.8 Å². The predicted molar refractivity (Wildman–Crippen MR) is 170 cm³/mol. The van der Waals surface area contributed by atoms with Gasteiger partial charge in [0.25, 0.3) is 0 Å². The molecule has 252 valence electrons. The zero-order chi connectivity index (χ0) is 33.1. The summed E-state index contributed by atoms with van der Waals surface area (Å²) in [6.07, 6.45) is 3.86. The number of carbonyl (C=O) groups is 3. The summed E-state index contributed by atoms with van der Waals surface area (Å²) < 4.78 is 18.7. The normalized spacial score (nSPS) is 21.9. The first-order valence-electron chi connectivity index (χ1n) is 16.3. The number of hydrogen-bond acceptors (Lipinski definition) is 9. The summed E-state index contributed by atoms with van der Waals surface area (Å²) in [6.45, 7) is 7.39. The Morgan fingerprint density at radius 3 is 2.22 bits per heavy atom. The number of benzene rings is 2. The minimum atomic E-state index is -0.625. The lowest BCUT2D eigenvalue weighted by atomic mass is 9.99. The Kier molecular flexibility index (Phi) is 13.1. The number of amides is 2. The summed E-state index contributed by atoms with van der Waals surface area (Å²) >= 11 is 0. The number of aliphatic hydroxyl groups excluding tert-OH is 1. The quantitative estimate of drug-likeness (QED) is 0.101. The van der Waals surface area contributed by atoms with Crippen LogP contribution in [0.3, 0.4) is 0 Å². The van der Waals surface area contributed by atoms with Gasteiger partial charge in [-0.1, -0.05) is 55.0 Å². The molecule has 0 radical (unpaired) electrons. The van der Waals surface area contributed by atoms with Crippen LogP contribution in [0.1, 0.15) is 107 Å². The molecule has 0 saturated carbocycles. The summed E-state index contributed by atoms with van der Waals surface area (Å²) in [4.78, 5) is 38.5. The van der Waals surface area contributed by atoms with Gasteiger partial charge in [0.1, 0.15) is 11.6 Å². The van der Waals surface area contributed by atoms with Crippen LogP contribution in [0.4, 0.5) is 0 Å². The van der Waals surface area contributed by atoms with Crippen LogP contribution in [-0.2, 0) is 41.7 Å². The highest BCUT2D eigenvalue weighted by atomic mass is 16.7. The Balaban J connectivity index is 1.37. The first kappa shape index (κ1) is 35.5. The van der Waals surface area contributed by atoms with E-state index in [4.69, 9.17) is 19.4 Å². The van der Waals surface area contributed by atoms with E-state index >= 15 is 0 Å². The van der Waals surface area contributed by atoms with Crippen molar-refractivity contribution in [3.63, 3.8) is 0 Å². The van der Waals surface area contributed by atoms with Crippen LogP contribution in [0.25, 0.3) is 0 Å². The first-order chi connectivity index (χ1) is 22.0. The SMILES string of the molecule is CC(C)(C)OC(=O)[C@@H]1CCCN1C[C@@H]1C[C@H](c2ccc(CO)cc2)O[C@H](c2ccc(CNC(=O)CCCCCC(=O)NO)cc2)O1. The van der Waals surface area contributed by atoms with E-state index in [9.17, 15) is 19.5 Å². The second-order valence-electron chi connectivity index (χ2n) is 13.2. The molecular formula is C35H49N3O8. The van der Waals surface area contributed by atoms with Gasteiger partial charge in [-0.05, 0) is 69.7 Å². The van der Waals surface area contributed by atoms with Gasteiger partial charge in [-0.15, -0.1) is 0 Å². The van der Waals surface area contributed by atoms with E-state index in [1.807, 2.05) is 69.3 Å². The van der Waals surface area contributed by atoms with Crippen molar-refractivity contribution in [2.24, 2.45) is 0 Å². The molecule has 2 aromatic rings. The monoisotopic (exact) mass is 639 g/mol. The third-order valence-electron chi connectivity index (χ3n) is 8.27. The van der Waals surface area contributed by atoms with Gasteiger partial charge in [0.15, 0.2) is 6.29 Å². The Hall–Kier alpha value is -3.35. The van der Waals surface area contributed by atoms with Crippen LogP contribution in [0, 0.1) is 0 Å². The predicted octanol–water partition coefficient (Wildman–Crippen LogP) is 4.60. The fraction of sp³-hybridized carbons (Fsp3) is 0.571. The number of esters is 1. The fourth-order valence-electron chi connectivity index (χ4n) is 5.86. The number of carbonyl (C=O) groups excluding carboxylic acids is 3. The van der Waals surface area contributed by atoms with Crippen molar-refractivity contribution >= 4 is 17.8 Å². The molecule has 0 bridgehead atoms. The van der Waals surface area contributed by atoms with E-state index < -0.39 is 17.8 Å². The highest BCUT2D eigenvalue weighted by Gasteiger charge is 2.38. The number of nitrogens with zero attached hydrogens (tertiary/aromatic N) is 1. The van der Waals surface area contributed by atoms with Crippen molar-refractivity contribution in [2.45, 2.75) is 115 Å². The van der Waals surface area contributed by atoms with E-state index in [0.717, 1.165) is 48.1 Å². The molecule has 4 atom stereocenters. The summed E-state index contributed by atoms with van der Waals surface area (Å²) in [5, 5.41) is 21.0. The van der Waals surface area contributed by atoms with Crippen LogP contribution in [0.5, 0.6) is 0 Å². The van der Waals surface area contributed by atoms with E-state index in [2.05, 4.69) is 10.2 Å². The van der Waals surface area contributed by atoms with Crippen LogP contribution >= 0.6 is 0 Å². The third kappa shape index (κ3) is 10.9. The van der Waals surface area contributed by atoms with Crippen LogP contribution in [0.2, 0.25) is 0 Å². The summed E-state index contributed by atoms with van der Waals surface area (Å²) in [6, 6.07) is 15.3. The second-order valence-corrected chi connectivity index (χ2v) is 13.2. The highest BCUT2D eigenvalue weighted by Crippen LogP contribution is 2.39. The third-order valence-corrected chi connectivity index (χ3v) is 8.27. The Bertz CT molecular complexity index is 1280. The molecule has 4 rings (SSSR count). The maximum atomic E-state index is 13.0. The smallest absolute Gasteiger partial charge is 0.323 e. The van der Waals surface area contributed by atoms with E-state index in [-0.39, 0.29) is 43.2 Å². The number of hydroxylamine groups is 1. The number of rotatable bonds is 14. The van der Waals surface area contributed by atoms with Crippen molar-refractivity contribution in [3.8, 4) is 0 Å². The average Bonchev–Trinajstić information content (AvgIpc) is 3.51. The van der Waals surface area contributed by atoms with Gasteiger partial charge in [-0.3, -0.25) is 24.5 Å². The lowest BCUT2D eigenvalue weighted by molar-refractivity contribution is -0.253. The fourth-order valence-corrected chi connectivity index (χ4v) is 5.86. The second kappa shape index (κ2) is 17.0. The zero-order valence-corrected chi connectivity index (χ0v) is 27.2. The number of likely N-dealkylation sites (tertiary alicyclic amines) is 1. The molecule has 0 unspecified atom stereocenters. The average molecular weight is 640 g/mol. The molecule has 2 aliphatic heterocycles. The molecular weight excluding hydrogens is 590 g/mol. The van der Waals surface area contributed by atoms with E-state index in [1.54, 1.807) is 5.48 Å². The number of aliphatic hydroxyl groups is 1. The van der Waals surface area contributed by atoms with Gasteiger partial charge < -0.3 is 24.6 Å². The van der Waals surface area contributed by atoms with Gasteiger partial charge in [0.05, 0.1) is 18.8 Å². The molecule has 2 aliphatic rings. The molecule has 2 heterocycles. The summed E-state index contributed by atoms with van der Waals surface area (Å²) in [5.74, 6) is -0.670. The van der Waals surface area contributed by atoms with Crippen LogP contribution in [0.15, 0.2) is 48.5 Å². The maximum Gasteiger partial charge on any atom is 0.323 e. The largest absolute Gasteiger partial charge is 0.459 e. The highest BCUT2D eigenvalue weighted by molar-refractivity contribution is 5.77. The van der Waals surface area contributed by atoms with Gasteiger partial charge in [0.2, 0.25) is 11.8 Å². The Labute approximate surface area is 271 Å². The molecule has 2 amide bonds.